The molecule has 0 radical (unpaired) electrons. The normalized spacial score (nSPS) is 14.0. The third-order valence-corrected chi connectivity index (χ3v) is 5.57. The molecular formula is C21H18ClN3O4S. The number of hydrogen-bond donors (Lipinski definition) is 1. The number of hydrogen-bond acceptors (Lipinski definition) is 6. The van der Waals surface area contributed by atoms with Crippen LogP contribution in [0.15, 0.2) is 47.3 Å². The largest absolute Gasteiger partial charge is 0.495 e. The zero-order valence-corrected chi connectivity index (χ0v) is 17.8. The Morgan fingerprint density at radius 3 is 2.90 bits per heavy atom. The van der Waals surface area contributed by atoms with Crippen molar-refractivity contribution in [3.8, 4) is 22.8 Å². The van der Waals surface area contributed by atoms with Crippen molar-refractivity contribution in [2.75, 3.05) is 23.9 Å². The van der Waals surface area contributed by atoms with Gasteiger partial charge in [0.05, 0.1) is 29.7 Å². The summed E-state index contributed by atoms with van der Waals surface area (Å²) in [5, 5.41) is 5.17. The number of anilines is 2. The fourth-order valence-electron chi connectivity index (χ4n) is 3.24. The molecule has 1 N–H and O–H groups in total. The molecule has 0 aliphatic carbocycles. The number of nitrogens with zero attached hydrogens (tertiary/aromatic N) is 2. The molecule has 1 aromatic heterocycles. The number of carbonyl (C=O) groups is 2. The fraction of sp³-hybridized carbons (Fsp3) is 0.190. The summed E-state index contributed by atoms with van der Waals surface area (Å²) >= 11 is 7.53. The molecular weight excluding hydrogens is 426 g/mol. The summed E-state index contributed by atoms with van der Waals surface area (Å²) < 4.78 is 10.8. The van der Waals surface area contributed by atoms with E-state index in [2.05, 4.69) is 10.3 Å². The van der Waals surface area contributed by atoms with Crippen molar-refractivity contribution in [1.82, 2.24) is 4.98 Å². The maximum absolute atomic E-state index is 13.0. The summed E-state index contributed by atoms with van der Waals surface area (Å²) in [6.45, 7) is 1.52. The van der Waals surface area contributed by atoms with Crippen LogP contribution in [0.2, 0.25) is 5.02 Å². The molecule has 0 spiro atoms. The van der Waals surface area contributed by atoms with Crippen molar-refractivity contribution in [2.24, 2.45) is 0 Å². The third kappa shape index (κ3) is 3.83. The van der Waals surface area contributed by atoms with Crippen molar-refractivity contribution < 1.29 is 19.1 Å². The second kappa shape index (κ2) is 8.33. The Labute approximate surface area is 182 Å². The van der Waals surface area contributed by atoms with Gasteiger partial charge in [-0.3, -0.25) is 14.5 Å². The standard InChI is InChI=1S/C21H18ClN3O4S/c1-12(21(27)24-15-8-14(22)4-6-18(15)28-2)25-17-7-13(16-10-30-11-23-16)3-5-19(17)29-9-20(25)26/h3-8,10-12H,9H2,1-2H3,(H,24,27). The van der Waals surface area contributed by atoms with Crippen LogP contribution in [-0.4, -0.2) is 36.6 Å². The lowest BCUT2D eigenvalue weighted by Gasteiger charge is -2.33. The van der Waals surface area contributed by atoms with Crippen LogP contribution in [0.5, 0.6) is 11.5 Å². The van der Waals surface area contributed by atoms with Gasteiger partial charge in [0.1, 0.15) is 17.5 Å². The molecule has 30 heavy (non-hydrogen) atoms. The number of amides is 2. The summed E-state index contributed by atoms with van der Waals surface area (Å²) in [5.41, 5.74) is 4.32. The van der Waals surface area contributed by atoms with Crippen molar-refractivity contribution in [1.29, 1.82) is 0 Å². The van der Waals surface area contributed by atoms with E-state index in [1.54, 1.807) is 36.7 Å². The van der Waals surface area contributed by atoms with Crippen LogP contribution in [0.3, 0.4) is 0 Å². The van der Waals surface area contributed by atoms with Gasteiger partial charge in [-0.15, -0.1) is 11.3 Å². The number of nitrogens with one attached hydrogen (secondary N) is 1. The number of fused-ring (bicyclic) bond motifs is 1. The molecule has 2 heterocycles. The number of aromatic nitrogens is 1. The van der Waals surface area contributed by atoms with Crippen molar-refractivity contribution in [3.05, 3.63) is 52.3 Å². The van der Waals surface area contributed by atoms with E-state index in [4.69, 9.17) is 21.1 Å². The Hall–Kier alpha value is -3.10. The molecule has 0 saturated carbocycles. The molecule has 0 saturated heterocycles. The highest BCUT2D eigenvalue weighted by atomic mass is 35.5. The monoisotopic (exact) mass is 443 g/mol. The lowest BCUT2D eigenvalue weighted by Crippen LogP contribution is -2.49. The summed E-state index contributed by atoms with van der Waals surface area (Å²) in [5.74, 6) is 0.322. The van der Waals surface area contributed by atoms with Crippen LogP contribution in [-0.2, 0) is 9.59 Å². The Balaban J connectivity index is 1.65. The molecule has 4 rings (SSSR count). The average Bonchev–Trinajstić information content (AvgIpc) is 3.28. The van der Waals surface area contributed by atoms with Crippen LogP contribution >= 0.6 is 22.9 Å². The highest BCUT2D eigenvalue weighted by Gasteiger charge is 2.33. The highest BCUT2D eigenvalue weighted by Crippen LogP contribution is 2.37. The maximum Gasteiger partial charge on any atom is 0.265 e. The van der Waals surface area contributed by atoms with E-state index in [-0.39, 0.29) is 18.4 Å². The molecule has 9 heteroatoms. The van der Waals surface area contributed by atoms with Crippen molar-refractivity contribution in [3.63, 3.8) is 0 Å². The topological polar surface area (TPSA) is 80.8 Å². The van der Waals surface area contributed by atoms with Gasteiger partial charge < -0.3 is 14.8 Å². The van der Waals surface area contributed by atoms with E-state index in [0.29, 0.717) is 27.9 Å². The maximum atomic E-state index is 13.0. The number of thiazole rings is 1. The molecule has 1 aliphatic rings. The van der Waals surface area contributed by atoms with Gasteiger partial charge in [-0.05, 0) is 43.3 Å². The van der Waals surface area contributed by atoms with Crippen LogP contribution in [0, 0.1) is 0 Å². The van der Waals surface area contributed by atoms with E-state index in [9.17, 15) is 9.59 Å². The third-order valence-electron chi connectivity index (χ3n) is 4.75. The summed E-state index contributed by atoms with van der Waals surface area (Å²) in [6, 6.07) is 9.61. The summed E-state index contributed by atoms with van der Waals surface area (Å²) in [6.07, 6.45) is 0. The Kier molecular flexibility index (Phi) is 5.61. The molecule has 1 unspecified atom stereocenters. The Morgan fingerprint density at radius 2 is 2.17 bits per heavy atom. The zero-order chi connectivity index (χ0) is 21.3. The van der Waals surface area contributed by atoms with Crippen LogP contribution in [0.25, 0.3) is 11.3 Å². The van der Waals surface area contributed by atoms with E-state index >= 15 is 0 Å². The first-order chi connectivity index (χ1) is 14.5. The number of carbonyl (C=O) groups excluding carboxylic acids is 2. The molecule has 0 bridgehead atoms. The second-order valence-corrected chi connectivity index (χ2v) is 7.77. The van der Waals surface area contributed by atoms with Gasteiger partial charge in [0.15, 0.2) is 6.61 Å². The Bertz CT molecular complexity index is 1100. The lowest BCUT2D eigenvalue weighted by atomic mass is 10.1. The van der Waals surface area contributed by atoms with Crippen LogP contribution < -0.4 is 19.7 Å². The van der Waals surface area contributed by atoms with Gasteiger partial charge in [-0.25, -0.2) is 4.98 Å². The fourth-order valence-corrected chi connectivity index (χ4v) is 3.98. The molecule has 154 valence electrons. The van der Waals surface area contributed by atoms with E-state index in [1.807, 2.05) is 17.5 Å². The van der Waals surface area contributed by atoms with E-state index in [1.165, 1.54) is 23.3 Å². The molecule has 7 nitrogen and oxygen atoms in total. The first kappa shape index (κ1) is 20.2. The van der Waals surface area contributed by atoms with Gasteiger partial charge >= 0.3 is 0 Å². The summed E-state index contributed by atoms with van der Waals surface area (Å²) in [4.78, 5) is 31.5. The predicted molar refractivity (Wildman–Crippen MR) is 117 cm³/mol. The SMILES string of the molecule is COc1ccc(Cl)cc1NC(=O)C(C)N1C(=O)COc2ccc(-c3cscn3)cc21. The van der Waals surface area contributed by atoms with Gasteiger partial charge in [0, 0.05) is 16.0 Å². The van der Waals surface area contributed by atoms with Crippen LogP contribution in [0.1, 0.15) is 6.92 Å². The molecule has 1 atom stereocenters. The first-order valence-corrected chi connectivity index (χ1v) is 10.4. The van der Waals surface area contributed by atoms with Crippen molar-refractivity contribution in [2.45, 2.75) is 13.0 Å². The van der Waals surface area contributed by atoms with Crippen molar-refractivity contribution >= 4 is 46.1 Å². The zero-order valence-electron chi connectivity index (χ0n) is 16.2. The minimum atomic E-state index is -0.797. The molecule has 2 amide bonds. The van der Waals surface area contributed by atoms with Gasteiger partial charge in [0.2, 0.25) is 5.91 Å². The number of halogens is 1. The minimum Gasteiger partial charge on any atom is -0.495 e. The number of ether oxygens (including phenoxy) is 2. The quantitative estimate of drug-likeness (QED) is 0.638. The molecule has 2 aromatic carbocycles. The van der Waals surface area contributed by atoms with E-state index < -0.39 is 6.04 Å². The average molecular weight is 444 g/mol. The minimum absolute atomic E-state index is 0.138. The molecule has 0 fully saturated rings. The molecule has 1 aliphatic heterocycles. The van der Waals surface area contributed by atoms with E-state index in [0.717, 1.165) is 11.3 Å². The lowest BCUT2D eigenvalue weighted by molar-refractivity contribution is -0.125. The summed E-state index contributed by atoms with van der Waals surface area (Å²) in [7, 11) is 1.50. The van der Waals surface area contributed by atoms with Gasteiger partial charge in [0.25, 0.3) is 5.91 Å². The van der Waals surface area contributed by atoms with Gasteiger partial charge in [-0.1, -0.05) is 11.6 Å². The van der Waals surface area contributed by atoms with Gasteiger partial charge in [-0.2, -0.15) is 0 Å². The van der Waals surface area contributed by atoms with Crippen LogP contribution in [0.4, 0.5) is 11.4 Å². The second-order valence-electron chi connectivity index (χ2n) is 6.62. The highest BCUT2D eigenvalue weighted by molar-refractivity contribution is 7.07. The Morgan fingerprint density at radius 1 is 1.33 bits per heavy atom. The number of rotatable bonds is 5. The molecule has 3 aromatic rings. The number of benzene rings is 2. The predicted octanol–water partition coefficient (Wildman–Crippen LogP) is 4.22. The first-order valence-electron chi connectivity index (χ1n) is 9.10. The smallest absolute Gasteiger partial charge is 0.265 e. The number of methoxy groups -OCH3 is 1.